The summed E-state index contributed by atoms with van der Waals surface area (Å²) in [5.74, 6) is -1.08. The molecule has 0 aromatic heterocycles. The minimum absolute atomic E-state index is 0.0184. The van der Waals surface area contributed by atoms with Crippen molar-refractivity contribution in [3.63, 3.8) is 0 Å². The van der Waals surface area contributed by atoms with Crippen molar-refractivity contribution in [3.8, 4) is 11.5 Å². The van der Waals surface area contributed by atoms with E-state index in [9.17, 15) is 22.8 Å². The number of esters is 1. The molecule has 0 heterocycles. The average molecular weight is 453 g/mol. The average Bonchev–Trinajstić information content (AvgIpc) is 2.76. The SMILES string of the molecule is C=CCOc1ccc(C(=O)OCC(=O)Nc2cc(C(F)(F)F)ccc2OCCOC)cc1. The summed E-state index contributed by atoms with van der Waals surface area (Å²) in [5, 5.41) is 2.28. The Bertz CT molecular complexity index is 928. The number of rotatable bonds is 11. The predicted octanol–water partition coefficient (Wildman–Crippen LogP) is 4.09. The first-order valence-corrected chi connectivity index (χ1v) is 9.38. The number of anilines is 1. The Kier molecular flexibility index (Phi) is 9.08. The summed E-state index contributed by atoms with van der Waals surface area (Å²) >= 11 is 0. The molecule has 172 valence electrons. The van der Waals surface area contributed by atoms with Crippen LogP contribution >= 0.6 is 0 Å². The lowest BCUT2D eigenvalue weighted by Crippen LogP contribution is -2.22. The lowest BCUT2D eigenvalue weighted by Gasteiger charge is -2.15. The van der Waals surface area contributed by atoms with Crippen LogP contribution in [0.15, 0.2) is 55.1 Å². The molecule has 0 bridgehead atoms. The molecule has 0 radical (unpaired) electrons. The Balaban J connectivity index is 2.01. The Morgan fingerprint density at radius 2 is 1.78 bits per heavy atom. The molecule has 2 rings (SSSR count). The van der Waals surface area contributed by atoms with Gasteiger partial charge >= 0.3 is 12.1 Å². The molecule has 10 heteroatoms. The second kappa shape index (κ2) is 11.8. The zero-order valence-electron chi connectivity index (χ0n) is 17.2. The highest BCUT2D eigenvalue weighted by Crippen LogP contribution is 2.35. The third-order valence-corrected chi connectivity index (χ3v) is 3.92. The zero-order valence-corrected chi connectivity index (χ0v) is 17.2. The molecule has 0 saturated carbocycles. The van der Waals surface area contributed by atoms with Crippen molar-refractivity contribution in [1.29, 1.82) is 0 Å². The summed E-state index contributed by atoms with van der Waals surface area (Å²) in [6, 6.07) is 8.67. The van der Waals surface area contributed by atoms with E-state index < -0.39 is 30.2 Å². The minimum Gasteiger partial charge on any atom is -0.490 e. The number of halogens is 3. The quantitative estimate of drug-likeness (QED) is 0.314. The van der Waals surface area contributed by atoms with Crippen LogP contribution in [0, 0.1) is 0 Å². The summed E-state index contributed by atoms with van der Waals surface area (Å²) in [7, 11) is 1.44. The molecule has 0 aliphatic rings. The van der Waals surface area contributed by atoms with Gasteiger partial charge in [0.1, 0.15) is 24.7 Å². The number of hydrogen-bond donors (Lipinski definition) is 1. The van der Waals surface area contributed by atoms with E-state index in [2.05, 4.69) is 11.9 Å². The van der Waals surface area contributed by atoms with Gasteiger partial charge in [0.25, 0.3) is 5.91 Å². The van der Waals surface area contributed by atoms with Crippen LogP contribution in [-0.2, 0) is 20.4 Å². The van der Waals surface area contributed by atoms with Crippen molar-refractivity contribution < 1.29 is 41.7 Å². The van der Waals surface area contributed by atoms with Gasteiger partial charge in [-0.15, -0.1) is 0 Å². The predicted molar refractivity (Wildman–Crippen MR) is 110 cm³/mol. The molecule has 1 amide bonds. The highest BCUT2D eigenvalue weighted by molar-refractivity contribution is 5.96. The lowest BCUT2D eigenvalue weighted by atomic mass is 10.1. The second-order valence-corrected chi connectivity index (χ2v) is 6.30. The topological polar surface area (TPSA) is 83.1 Å². The number of carbonyl (C=O) groups excluding carboxylic acids is 2. The Morgan fingerprint density at radius 1 is 1.06 bits per heavy atom. The van der Waals surface area contributed by atoms with E-state index in [0.29, 0.717) is 12.4 Å². The third kappa shape index (κ3) is 7.62. The van der Waals surface area contributed by atoms with Crippen LogP contribution in [0.5, 0.6) is 11.5 Å². The monoisotopic (exact) mass is 453 g/mol. The van der Waals surface area contributed by atoms with Gasteiger partial charge in [-0.3, -0.25) is 4.79 Å². The zero-order chi connectivity index (χ0) is 23.6. The van der Waals surface area contributed by atoms with Crippen molar-refractivity contribution in [1.82, 2.24) is 0 Å². The maximum absolute atomic E-state index is 13.0. The maximum atomic E-state index is 13.0. The second-order valence-electron chi connectivity index (χ2n) is 6.30. The van der Waals surface area contributed by atoms with E-state index in [1.807, 2.05) is 0 Å². The van der Waals surface area contributed by atoms with Gasteiger partial charge in [0, 0.05) is 7.11 Å². The Morgan fingerprint density at radius 3 is 2.41 bits per heavy atom. The molecular formula is C22H22F3NO6. The molecule has 2 aromatic rings. The summed E-state index contributed by atoms with van der Waals surface area (Å²) in [5.41, 5.74) is -1.00. The van der Waals surface area contributed by atoms with Crippen LogP contribution in [0.25, 0.3) is 0 Å². The van der Waals surface area contributed by atoms with Crippen LogP contribution in [-0.4, -0.2) is 45.4 Å². The van der Waals surface area contributed by atoms with Crippen LogP contribution in [0.3, 0.4) is 0 Å². The molecule has 0 unspecified atom stereocenters. The maximum Gasteiger partial charge on any atom is 0.416 e. The molecule has 0 saturated heterocycles. The number of hydrogen-bond acceptors (Lipinski definition) is 6. The van der Waals surface area contributed by atoms with Gasteiger partial charge in [-0.1, -0.05) is 12.7 Å². The fraction of sp³-hybridized carbons (Fsp3) is 0.273. The molecule has 0 atom stereocenters. The van der Waals surface area contributed by atoms with E-state index >= 15 is 0 Å². The highest BCUT2D eigenvalue weighted by Gasteiger charge is 2.31. The lowest BCUT2D eigenvalue weighted by molar-refractivity contribution is -0.137. The van der Waals surface area contributed by atoms with Crippen molar-refractivity contribution in [2.45, 2.75) is 6.18 Å². The first kappa shape index (κ1) is 24.7. The van der Waals surface area contributed by atoms with E-state index in [0.717, 1.165) is 18.2 Å². The molecule has 0 spiro atoms. The number of amides is 1. The fourth-order valence-electron chi connectivity index (χ4n) is 2.41. The standard InChI is InChI=1S/C22H22F3NO6/c1-3-10-30-17-7-4-15(5-8-17)21(28)32-14-20(27)26-18-13-16(22(23,24)25)6-9-19(18)31-12-11-29-2/h3-9,13H,1,10-12,14H2,2H3,(H,26,27). The minimum atomic E-state index is -4.61. The van der Waals surface area contributed by atoms with Gasteiger partial charge in [-0.2, -0.15) is 13.2 Å². The molecule has 2 aromatic carbocycles. The number of alkyl halides is 3. The Labute approximate surface area is 182 Å². The number of nitrogens with one attached hydrogen (secondary N) is 1. The largest absolute Gasteiger partial charge is 0.490 e. The van der Waals surface area contributed by atoms with Gasteiger partial charge in [0.2, 0.25) is 0 Å². The fourth-order valence-corrected chi connectivity index (χ4v) is 2.41. The number of benzene rings is 2. The van der Waals surface area contributed by atoms with Gasteiger partial charge < -0.3 is 24.3 Å². The van der Waals surface area contributed by atoms with Crippen LogP contribution in [0.4, 0.5) is 18.9 Å². The van der Waals surface area contributed by atoms with E-state index in [4.69, 9.17) is 18.9 Å². The molecular weight excluding hydrogens is 431 g/mol. The summed E-state index contributed by atoms with van der Waals surface area (Å²) in [4.78, 5) is 24.3. The Hall–Kier alpha value is -3.53. The van der Waals surface area contributed by atoms with Crippen molar-refractivity contribution >= 4 is 17.6 Å². The molecule has 7 nitrogen and oxygen atoms in total. The first-order chi connectivity index (χ1) is 15.2. The molecule has 0 fully saturated rings. The summed E-state index contributed by atoms with van der Waals surface area (Å²) < 4.78 is 59.5. The molecule has 0 aliphatic carbocycles. The van der Waals surface area contributed by atoms with E-state index in [-0.39, 0.29) is 30.2 Å². The van der Waals surface area contributed by atoms with Crippen LogP contribution in [0.1, 0.15) is 15.9 Å². The normalized spacial score (nSPS) is 10.9. The number of carbonyl (C=O) groups is 2. The van der Waals surface area contributed by atoms with Gasteiger partial charge in [-0.25, -0.2) is 4.79 Å². The highest BCUT2D eigenvalue weighted by atomic mass is 19.4. The van der Waals surface area contributed by atoms with Crippen molar-refractivity contribution in [2.24, 2.45) is 0 Å². The number of ether oxygens (including phenoxy) is 4. The van der Waals surface area contributed by atoms with Crippen LogP contribution < -0.4 is 14.8 Å². The number of methoxy groups -OCH3 is 1. The molecule has 32 heavy (non-hydrogen) atoms. The van der Waals surface area contributed by atoms with E-state index in [1.165, 1.54) is 19.2 Å². The van der Waals surface area contributed by atoms with Crippen molar-refractivity contribution in [3.05, 3.63) is 66.2 Å². The molecule has 1 N–H and O–H groups in total. The van der Waals surface area contributed by atoms with Crippen molar-refractivity contribution in [2.75, 3.05) is 38.9 Å². The van der Waals surface area contributed by atoms with Gasteiger partial charge in [0.05, 0.1) is 23.4 Å². The van der Waals surface area contributed by atoms with Gasteiger partial charge in [-0.05, 0) is 42.5 Å². The summed E-state index contributed by atoms with van der Waals surface area (Å²) in [6.07, 6.45) is -3.04. The summed E-state index contributed by atoms with van der Waals surface area (Å²) in [6.45, 7) is 3.38. The van der Waals surface area contributed by atoms with E-state index in [1.54, 1.807) is 18.2 Å². The third-order valence-electron chi connectivity index (χ3n) is 3.92. The van der Waals surface area contributed by atoms with Gasteiger partial charge in [0.15, 0.2) is 6.61 Å². The first-order valence-electron chi connectivity index (χ1n) is 9.38. The smallest absolute Gasteiger partial charge is 0.416 e. The molecule has 0 aliphatic heterocycles. The van der Waals surface area contributed by atoms with Crippen LogP contribution in [0.2, 0.25) is 0 Å².